The summed E-state index contributed by atoms with van der Waals surface area (Å²) < 4.78 is 6.94. The molecule has 0 saturated heterocycles. The maximum atomic E-state index is 6.94. The fraction of sp³-hybridized carbons (Fsp3) is 0. The van der Waals surface area contributed by atoms with E-state index in [1.165, 1.54) is 11.1 Å². The highest BCUT2D eigenvalue weighted by molar-refractivity contribution is 6.24. The van der Waals surface area contributed by atoms with E-state index in [0.29, 0.717) is 0 Å². The average molecular weight is 755 g/mol. The van der Waals surface area contributed by atoms with Gasteiger partial charge in [-0.2, -0.15) is 0 Å². The van der Waals surface area contributed by atoms with Crippen molar-refractivity contribution in [3.8, 4) is 22.3 Å². The van der Waals surface area contributed by atoms with E-state index in [4.69, 9.17) is 4.42 Å². The number of para-hydroxylation sites is 4. The summed E-state index contributed by atoms with van der Waals surface area (Å²) in [6.45, 7) is 0. The lowest BCUT2D eigenvalue weighted by Gasteiger charge is -2.25. The average Bonchev–Trinajstić information content (AvgIpc) is 3.70. The van der Waals surface area contributed by atoms with E-state index in [-0.39, 0.29) is 0 Å². The first-order chi connectivity index (χ1) is 29.3. The van der Waals surface area contributed by atoms with E-state index in [1.807, 2.05) is 0 Å². The minimum Gasteiger partial charge on any atom is -0.455 e. The van der Waals surface area contributed by atoms with Gasteiger partial charge in [-0.3, -0.25) is 0 Å². The smallest absolute Gasteiger partial charge is 0.143 e. The number of benzene rings is 10. The summed E-state index contributed by atoms with van der Waals surface area (Å²) in [5.74, 6) is 0. The van der Waals surface area contributed by atoms with Gasteiger partial charge in [-0.15, -0.1) is 0 Å². The van der Waals surface area contributed by atoms with E-state index in [9.17, 15) is 0 Å². The third kappa shape index (κ3) is 6.08. The van der Waals surface area contributed by atoms with Crippen LogP contribution < -0.4 is 9.80 Å². The zero-order valence-electron chi connectivity index (χ0n) is 32.2. The summed E-state index contributed by atoms with van der Waals surface area (Å²) in [5, 5.41) is 6.75. The molecule has 0 spiro atoms. The molecule has 0 atom stereocenters. The molecule has 278 valence electrons. The summed E-state index contributed by atoms with van der Waals surface area (Å²) >= 11 is 0. The summed E-state index contributed by atoms with van der Waals surface area (Å²) in [6.07, 6.45) is 0. The highest BCUT2D eigenvalue weighted by Crippen LogP contribution is 2.45. The van der Waals surface area contributed by atoms with Gasteiger partial charge in [-0.1, -0.05) is 146 Å². The Hall–Kier alpha value is -7.88. The molecule has 3 heteroatoms. The van der Waals surface area contributed by atoms with Crippen LogP contribution in [0.1, 0.15) is 0 Å². The Morgan fingerprint density at radius 2 is 0.508 bits per heavy atom. The highest BCUT2D eigenvalue weighted by atomic mass is 16.3. The molecule has 0 saturated carbocycles. The standard InChI is InChI=1S/C56H38N2O/c1-5-17-41(18-6-1)57(42-19-7-2-8-20-42)45-33-29-39(30-34-45)51-37-53-54-38-52(48-26-14-16-28-50(48)56(54)59-55(53)49-27-15-13-25-47(49)51)40-31-35-46(36-32-40)58(43-21-9-3-10-22-43)44-23-11-4-12-24-44/h1-38H. The van der Waals surface area contributed by atoms with Gasteiger partial charge in [-0.05, 0) is 118 Å². The summed E-state index contributed by atoms with van der Waals surface area (Å²) in [4.78, 5) is 4.60. The first-order valence-corrected chi connectivity index (χ1v) is 20.1. The second-order valence-electron chi connectivity index (χ2n) is 14.9. The zero-order chi connectivity index (χ0) is 39.1. The van der Waals surface area contributed by atoms with Crippen molar-refractivity contribution < 1.29 is 4.42 Å². The van der Waals surface area contributed by atoms with Crippen molar-refractivity contribution in [1.82, 2.24) is 0 Å². The van der Waals surface area contributed by atoms with Crippen LogP contribution in [0.4, 0.5) is 34.1 Å². The molecule has 0 bridgehead atoms. The summed E-state index contributed by atoms with van der Waals surface area (Å²) in [6, 6.07) is 82.1. The predicted octanol–water partition coefficient (Wildman–Crippen LogP) is 16.2. The summed E-state index contributed by atoms with van der Waals surface area (Å²) in [7, 11) is 0. The minimum absolute atomic E-state index is 0.911. The molecule has 3 nitrogen and oxygen atoms in total. The van der Waals surface area contributed by atoms with Crippen LogP contribution in [0.3, 0.4) is 0 Å². The van der Waals surface area contributed by atoms with Gasteiger partial charge in [0.05, 0.1) is 0 Å². The molecule has 11 rings (SSSR count). The van der Waals surface area contributed by atoms with Crippen LogP contribution in [0, 0.1) is 0 Å². The normalized spacial score (nSPS) is 11.4. The molecule has 0 aliphatic carbocycles. The first kappa shape index (κ1) is 34.4. The van der Waals surface area contributed by atoms with E-state index in [1.54, 1.807) is 0 Å². The van der Waals surface area contributed by atoms with Crippen molar-refractivity contribution in [2.75, 3.05) is 9.80 Å². The number of hydrogen-bond acceptors (Lipinski definition) is 3. The molecule has 0 aliphatic rings. The van der Waals surface area contributed by atoms with Gasteiger partial charge < -0.3 is 14.2 Å². The van der Waals surface area contributed by atoms with Crippen LogP contribution >= 0.6 is 0 Å². The van der Waals surface area contributed by atoms with Crippen molar-refractivity contribution in [3.05, 3.63) is 231 Å². The lowest BCUT2D eigenvalue weighted by molar-refractivity contribution is 0.676. The zero-order valence-corrected chi connectivity index (χ0v) is 32.2. The summed E-state index contributed by atoms with van der Waals surface area (Å²) in [5.41, 5.74) is 13.1. The molecule has 10 aromatic carbocycles. The number of nitrogens with zero attached hydrogens (tertiary/aromatic N) is 2. The van der Waals surface area contributed by atoms with E-state index < -0.39 is 0 Å². The SMILES string of the molecule is c1ccc(N(c2ccccc2)c2ccc(-c3cc4c5cc(-c6ccc(N(c7ccccc7)c7ccccc7)cc6)c6ccccc6c5oc4c4ccccc34)cc2)cc1. The quantitative estimate of drug-likeness (QED) is 0.154. The molecule has 11 aromatic rings. The first-order valence-electron chi connectivity index (χ1n) is 20.1. The number of rotatable bonds is 8. The number of anilines is 6. The number of furan rings is 1. The van der Waals surface area contributed by atoms with Gasteiger partial charge in [0.15, 0.2) is 0 Å². The molecular formula is C56H38N2O. The Labute approximate surface area is 343 Å². The van der Waals surface area contributed by atoms with E-state index in [2.05, 4.69) is 240 Å². The van der Waals surface area contributed by atoms with Crippen molar-refractivity contribution in [1.29, 1.82) is 0 Å². The molecule has 1 aromatic heterocycles. The fourth-order valence-corrected chi connectivity index (χ4v) is 8.68. The maximum Gasteiger partial charge on any atom is 0.143 e. The predicted molar refractivity (Wildman–Crippen MR) is 249 cm³/mol. The number of fused-ring (bicyclic) bond motifs is 7. The van der Waals surface area contributed by atoms with Gasteiger partial charge >= 0.3 is 0 Å². The van der Waals surface area contributed by atoms with Crippen molar-refractivity contribution in [2.24, 2.45) is 0 Å². The van der Waals surface area contributed by atoms with E-state index in [0.717, 1.165) is 88.7 Å². The van der Waals surface area contributed by atoms with Crippen molar-refractivity contribution >= 4 is 77.6 Å². The minimum atomic E-state index is 0.911. The van der Waals surface area contributed by atoms with E-state index >= 15 is 0 Å². The Morgan fingerprint density at radius 1 is 0.237 bits per heavy atom. The fourth-order valence-electron chi connectivity index (χ4n) is 8.68. The Kier molecular flexibility index (Phi) is 8.49. The van der Waals surface area contributed by atoms with Gasteiger partial charge in [0.1, 0.15) is 11.2 Å². The van der Waals surface area contributed by atoms with Crippen LogP contribution in [0.2, 0.25) is 0 Å². The molecule has 1 heterocycles. The second-order valence-corrected chi connectivity index (χ2v) is 14.9. The molecule has 0 radical (unpaired) electrons. The topological polar surface area (TPSA) is 19.6 Å². The third-order valence-electron chi connectivity index (χ3n) is 11.4. The molecule has 59 heavy (non-hydrogen) atoms. The largest absolute Gasteiger partial charge is 0.455 e. The van der Waals surface area contributed by atoms with Crippen LogP contribution in [0.25, 0.3) is 65.7 Å². The molecule has 0 unspecified atom stereocenters. The lowest BCUT2D eigenvalue weighted by atomic mass is 9.92. The van der Waals surface area contributed by atoms with Crippen LogP contribution in [-0.4, -0.2) is 0 Å². The van der Waals surface area contributed by atoms with Crippen LogP contribution in [0.5, 0.6) is 0 Å². The Bertz CT molecular complexity index is 2930. The third-order valence-corrected chi connectivity index (χ3v) is 11.4. The highest BCUT2D eigenvalue weighted by Gasteiger charge is 2.20. The Morgan fingerprint density at radius 3 is 0.831 bits per heavy atom. The molecule has 0 amide bonds. The van der Waals surface area contributed by atoms with Crippen molar-refractivity contribution in [2.45, 2.75) is 0 Å². The molecule has 0 fully saturated rings. The van der Waals surface area contributed by atoms with Gasteiger partial charge in [-0.25, -0.2) is 0 Å². The van der Waals surface area contributed by atoms with Crippen LogP contribution in [-0.2, 0) is 0 Å². The van der Waals surface area contributed by atoms with Gasteiger partial charge in [0, 0.05) is 55.7 Å². The Balaban J connectivity index is 1.05. The van der Waals surface area contributed by atoms with Gasteiger partial charge in [0.25, 0.3) is 0 Å². The molecule has 0 aliphatic heterocycles. The second kappa shape index (κ2) is 14.6. The maximum absolute atomic E-state index is 6.94. The number of hydrogen-bond donors (Lipinski definition) is 0. The van der Waals surface area contributed by atoms with Crippen molar-refractivity contribution in [3.63, 3.8) is 0 Å². The molecular weight excluding hydrogens is 717 g/mol. The molecule has 0 N–H and O–H groups in total. The monoisotopic (exact) mass is 754 g/mol. The lowest BCUT2D eigenvalue weighted by Crippen LogP contribution is -2.09. The van der Waals surface area contributed by atoms with Crippen LogP contribution in [0.15, 0.2) is 235 Å². The van der Waals surface area contributed by atoms with Gasteiger partial charge in [0.2, 0.25) is 0 Å².